The zero-order valence-electron chi connectivity index (χ0n) is 9.01. The Morgan fingerprint density at radius 1 is 1.59 bits per heavy atom. The fourth-order valence-corrected chi connectivity index (χ4v) is 2.06. The summed E-state index contributed by atoms with van der Waals surface area (Å²) in [6.45, 7) is 1.84. The minimum absolute atomic E-state index is 0.0794. The Bertz CT molecular complexity index is 566. The van der Waals surface area contributed by atoms with Gasteiger partial charge < -0.3 is 15.3 Å². The number of rotatable bonds is 3. The number of pyridine rings is 1. The van der Waals surface area contributed by atoms with E-state index in [4.69, 9.17) is 15.3 Å². The lowest BCUT2D eigenvalue weighted by Gasteiger charge is -2.04. The molecule has 0 aliphatic heterocycles. The van der Waals surface area contributed by atoms with Crippen LogP contribution in [0.1, 0.15) is 16.1 Å². The first-order chi connectivity index (χ1) is 8.08. The molecule has 17 heavy (non-hydrogen) atoms. The number of nitrogens with zero attached hydrogens (tertiary/aromatic N) is 1. The number of carbonyl (C=O) groups is 1. The number of hydrogen-bond acceptors (Lipinski definition) is 5. The van der Waals surface area contributed by atoms with Crippen molar-refractivity contribution in [2.24, 2.45) is 0 Å². The Balaban J connectivity index is 2.29. The molecule has 3 N–H and O–H groups in total. The standard InChI is InChI=1S/C11H10N2O3S/c1-6-9(2-3-16-6)17-10-8(12)4-7(5-13-10)11(14)15/h2-5H,12H2,1H3,(H,14,15). The van der Waals surface area contributed by atoms with Crippen LogP contribution in [0.3, 0.4) is 0 Å². The van der Waals surface area contributed by atoms with E-state index < -0.39 is 5.97 Å². The van der Waals surface area contributed by atoms with E-state index in [1.165, 1.54) is 24.0 Å². The Hall–Kier alpha value is -1.95. The molecule has 0 saturated heterocycles. The van der Waals surface area contributed by atoms with Crippen LogP contribution in [0.25, 0.3) is 0 Å². The van der Waals surface area contributed by atoms with Crippen LogP contribution in [0, 0.1) is 6.92 Å². The van der Waals surface area contributed by atoms with Crippen LogP contribution in [0.5, 0.6) is 0 Å². The molecule has 2 aromatic rings. The van der Waals surface area contributed by atoms with E-state index in [0.717, 1.165) is 10.7 Å². The lowest BCUT2D eigenvalue weighted by atomic mass is 10.3. The van der Waals surface area contributed by atoms with Crippen molar-refractivity contribution in [1.82, 2.24) is 4.98 Å². The summed E-state index contributed by atoms with van der Waals surface area (Å²) < 4.78 is 5.15. The second-order valence-electron chi connectivity index (χ2n) is 3.37. The minimum atomic E-state index is -1.04. The molecule has 0 aliphatic carbocycles. The highest BCUT2D eigenvalue weighted by Gasteiger charge is 2.11. The first-order valence-corrected chi connectivity index (χ1v) is 5.60. The molecule has 5 nitrogen and oxygen atoms in total. The van der Waals surface area contributed by atoms with Crippen molar-refractivity contribution in [1.29, 1.82) is 0 Å². The molecule has 0 bridgehead atoms. The van der Waals surface area contributed by atoms with Crippen molar-refractivity contribution in [2.45, 2.75) is 16.8 Å². The summed E-state index contributed by atoms with van der Waals surface area (Å²) in [7, 11) is 0. The van der Waals surface area contributed by atoms with Crippen molar-refractivity contribution in [2.75, 3.05) is 5.73 Å². The minimum Gasteiger partial charge on any atom is -0.478 e. The number of hydrogen-bond donors (Lipinski definition) is 2. The number of aromatic carboxylic acids is 1. The number of furan rings is 1. The molecular weight excluding hydrogens is 240 g/mol. The van der Waals surface area contributed by atoms with Gasteiger partial charge >= 0.3 is 5.97 Å². The van der Waals surface area contributed by atoms with Crippen molar-refractivity contribution in [3.63, 3.8) is 0 Å². The van der Waals surface area contributed by atoms with Crippen LogP contribution < -0.4 is 5.73 Å². The van der Waals surface area contributed by atoms with E-state index in [9.17, 15) is 4.79 Å². The molecule has 0 saturated carbocycles. The molecule has 0 atom stereocenters. The highest BCUT2D eigenvalue weighted by atomic mass is 32.2. The fourth-order valence-electron chi connectivity index (χ4n) is 1.25. The van der Waals surface area contributed by atoms with Gasteiger partial charge in [0.1, 0.15) is 10.8 Å². The topological polar surface area (TPSA) is 89.3 Å². The maximum atomic E-state index is 10.7. The third-order valence-electron chi connectivity index (χ3n) is 2.14. The summed E-state index contributed by atoms with van der Waals surface area (Å²) in [5.74, 6) is -0.265. The van der Waals surface area contributed by atoms with E-state index >= 15 is 0 Å². The van der Waals surface area contributed by atoms with Gasteiger partial charge in [0.05, 0.1) is 22.4 Å². The van der Waals surface area contributed by atoms with Gasteiger partial charge in [0.25, 0.3) is 0 Å². The van der Waals surface area contributed by atoms with Crippen LogP contribution in [0.4, 0.5) is 5.69 Å². The van der Waals surface area contributed by atoms with E-state index in [1.807, 2.05) is 13.0 Å². The maximum absolute atomic E-state index is 10.7. The predicted molar refractivity (Wildman–Crippen MR) is 63.2 cm³/mol. The summed E-state index contributed by atoms with van der Waals surface area (Å²) in [6, 6.07) is 3.21. The number of carboxylic acid groups (broad SMARTS) is 1. The second-order valence-corrected chi connectivity index (χ2v) is 4.40. The van der Waals surface area contributed by atoms with Gasteiger partial charge in [-0.15, -0.1) is 0 Å². The molecule has 0 unspecified atom stereocenters. The zero-order chi connectivity index (χ0) is 12.4. The normalized spacial score (nSPS) is 10.4. The molecule has 2 heterocycles. The van der Waals surface area contributed by atoms with Gasteiger partial charge in [0.2, 0.25) is 0 Å². The highest BCUT2D eigenvalue weighted by molar-refractivity contribution is 7.99. The van der Waals surface area contributed by atoms with Crippen LogP contribution >= 0.6 is 11.8 Å². The van der Waals surface area contributed by atoms with E-state index in [0.29, 0.717) is 10.7 Å². The second kappa shape index (κ2) is 4.50. The highest BCUT2D eigenvalue weighted by Crippen LogP contribution is 2.33. The van der Waals surface area contributed by atoms with E-state index in [2.05, 4.69) is 4.98 Å². The van der Waals surface area contributed by atoms with E-state index in [-0.39, 0.29) is 5.56 Å². The molecule has 2 aromatic heterocycles. The van der Waals surface area contributed by atoms with Crippen LogP contribution in [-0.2, 0) is 0 Å². The molecule has 6 heteroatoms. The van der Waals surface area contributed by atoms with Crippen molar-refractivity contribution < 1.29 is 14.3 Å². The average Bonchev–Trinajstić information content (AvgIpc) is 2.67. The number of carboxylic acids is 1. The molecule has 0 aromatic carbocycles. The monoisotopic (exact) mass is 250 g/mol. The number of nitrogens with two attached hydrogens (primary N) is 1. The quantitative estimate of drug-likeness (QED) is 0.869. The molecule has 88 valence electrons. The van der Waals surface area contributed by atoms with Crippen molar-refractivity contribution >= 4 is 23.4 Å². The number of nitrogen functional groups attached to an aromatic ring is 1. The van der Waals surface area contributed by atoms with E-state index in [1.54, 1.807) is 6.26 Å². The van der Waals surface area contributed by atoms with Gasteiger partial charge in [0, 0.05) is 6.20 Å². The number of aryl methyl sites for hydroxylation is 1. The molecule has 2 rings (SSSR count). The first kappa shape index (κ1) is 11.5. The van der Waals surface area contributed by atoms with Gasteiger partial charge in [0.15, 0.2) is 0 Å². The summed E-state index contributed by atoms with van der Waals surface area (Å²) in [5.41, 5.74) is 6.17. The molecule has 0 spiro atoms. The molecular formula is C11H10N2O3S. The Kier molecular flexibility index (Phi) is 3.06. The summed E-state index contributed by atoms with van der Waals surface area (Å²) in [5, 5.41) is 9.35. The van der Waals surface area contributed by atoms with Gasteiger partial charge in [-0.2, -0.15) is 0 Å². The number of anilines is 1. The molecule has 0 amide bonds. The third-order valence-corrected chi connectivity index (χ3v) is 3.32. The Morgan fingerprint density at radius 3 is 2.88 bits per heavy atom. The first-order valence-electron chi connectivity index (χ1n) is 4.78. The van der Waals surface area contributed by atoms with Crippen LogP contribution in [0.2, 0.25) is 0 Å². The summed E-state index contributed by atoms with van der Waals surface area (Å²) in [6.07, 6.45) is 2.87. The lowest BCUT2D eigenvalue weighted by Crippen LogP contribution is -2.00. The maximum Gasteiger partial charge on any atom is 0.337 e. The van der Waals surface area contributed by atoms with Gasteiger partial charge in [-0.1, -0.05) is 11.8 Å². The smallest absolute Gasteiger partial charge is 0.337 e. The summed E-state index contributed by atoms with van der Waals surface area (Å²) in [4.78, 5) is 15.7. The Morgan fingerprint density at radius 2 is 2.35 bits per heavy atom. The predicted octanol–water partition coefficient (Wildman–Crippen LogP) is 2.41. The van der Waals surface area contributed by atoms with Gasteiger partial charge in [-0.05, 0) is 19.1 Å². The molecule has 0 fully saturated rings. The molecule has 0 aliphatic rings. The van der Waals surface area contributed by atoms with Gasteiger partial charge in [-0.25, -0.2) is 9.78 Å². The number of aromatic nitrogens is 1. The lowest BCUT2D eigenvalue weighted by molar-refractivity contribution is 0.0696. The van der Waals surface area contributed by atoms with Crippen molar-refractivity contribution in [3.05, 3.63) is 35.9 Å². The largest absolute Gasteiger partial charge is 0.478 e. The van der Waals surface area contributed by atoms with Crippen LogP contribution in [0.15, 0.2) is 38.9 Å². The summed E-state index contributed by atoms with van der Waals surface area (Å²) >= 11 is 1.35. The fraction of sp³-hybridized carbons (Fsp3) is 0.0909. The van der Waals surface area contributed by atoms with Crippen molar-refractivity contribution in [3.8, 4) is 0 Å². The van der Waals surface area contributed by atoms with Crippen LogP contribution in [-0.4, -0.2) is 16.1 Å². The SMILES string of the molecule is Cc1occc1Sc1ncc(C(=O)O)cc1N. The average molecular weight is 250 g/mol. The Labute approximate surface area is 102 Å². The molecule has 0 radical (unpaired) electrons. The van der Waals surface area contributed by atoms with Gasteiger partial charge in [-0.3, -0.25) is 0 Å². The third kappa shape index (κ3) is 2.42. The zero-order valence-corrected chi connectivity index (χ0v) is 9.82.